The molecule has 11 heteroatoms. The molecule has 192 valence electrons. The first-order chi connectivity index (χ1) is 18.7. The molecule has 3 aromatic heterocycles. The van der Waals surface area contributed by atoms with Gasteiger partial charge in [-0.25, -0.2) is 19.6 Å². The Morgan fingerprint density at radius 1 is 0.921 bits per heavy atom. The van der Waals surface area contributed by atoms with Crippen LogP contribution in [-0.2, 0) is 6.61 Å². The van der Waals surface area contributed by atoms with Crippen molar-refractivity contribution in [1.29, 1.82) is 0 Å². The number of anilines is 1. The number of ether oxygens (including phenoxy) is 2. The molecule has 1 saturated heterocycles. The van der Waals surface area contributed by atoms with E-state index >= 15 is 0 Å². The van der Waals surface area contributed by atoms with Gasteiger partial charge in [0, 0.05) is 42.3 Å². The van der Waals surface area contributed by atoms with Gasteiger partial charge >= 0.3 is 0 Å². The summed E-state index contributed by atoms with van der Waals surface area (Å²) in [5.74, 6) is 2.84. The van der Waals surface area contributed by atoms with Crippen LogP contribution in [0.2, 0.25) is 0 Å². The molecule has 0 atom stereocenters. The standard InChI is InChI=1S/C27H26N8O2S/c1-36-24-6-2-19(3-7-24)21-14-28-27(29-15-21)34-12-10-20(11-13-34)26-31-22(17-38-26)16-37-25-8-4-23(5-9-25)35-18-30-32-33-35/h2-9,14-15,17-18,20H,10-13,16H2,1H3. The Labute approximate surface area is 223 Å². The van der Waals surface area contributed by atoms with Crippen LogP contribution in [0.4, 0.5) is 5.95 Å². The summed E-state index contributed by atoms with van der Waals surface area (Å²) in [5.41, 5.74) is 3.89. The van der Waals surface area contributed by atoms with Crippen molar-refractivity contribution in [2.24, 2.45) is 0 Å². The molecule has 1 aliphatic heterocycles. The summed E-state index contributed by atoms with van der Waals surface area (Å²) in [6, 6.07) is 15.6. The maximum atomic E-state index is 5.95. The van der Waals surface area contributed by atoms with Gasteiger partial charge in [-0.1, -0.05) is 12.1 Å². The summed E-state index contributed by atoms with van der Waals surface area (Å²) < 4.78 is 12.8. The average molecular weight is 527 g/mol. The maximum Gasteiger partial charge on any atom is 0.225 e. The Kier molecular flexibility index (Phi) is 6.90. The molecule has 1 aliphatic rings. The maximum absolute atomic E-state index is 5.95. The Hall–Kier alpha value is -4.38. The van der Waals surface area contributed by atoms with E-state index in [0.717, 1.165) is 65.9 Å². The van der Waals surface area contributed by atoms with E-state index in [4.69, 9.17) is 14.5 Å². The summed E-state index contributed by atoms with van der Waals surface area (Å²) >= 11 is 1.72. The number of tetrazole rings is 1. The topological polar surface area (TPSA) is 104 Å². The van der Waals surface area contributed by atoms with Gasteiger partial charge in [-0.3, -0.25) is 0 Å². The summed E-state index contributed by atoms with van der Waals surface area (Å²) in [7, 11) is 1.67. The molecule has 5 aromatic rings. The van der Waals surface area contributed by atoms with Crippen LogP contribution < -0.4 is 14.4 Å². The van der Waals surface area contributed by atoms with Gasteiger partial charge in [-0.2, -0.15) is 0 Å². The van der Waals surface area contributed by atoms with E-state index in [1.807, 2.05) is 60.9 Å². The molecule has 0 aliphatic carbocycles. The number of nitrogens with zero attached hydrogens (tertiary/aromatic N) is 8. The highest BCUT2D eigenvalue weighted by atomic mass is 32.1. The monoisotopic (exact) mass is 526 g/mol. The minimum absolute atomic E-state index is 0.438. The number of methoxy groups -OCH3 is 1. The van der Waals surface area contributed by atoms with E-state index < -0.39 is 0 Å². The minimum Gasteiger partial charge on any atom is -0.497 e. The molecule has 4 heterocycles. The highest BCUT2D eigenvalue weighted by Gasteiger charge is 2.24. The van der Waals surface area contributed by atoms with Crippen molar-refractivity contribution in [1.82, 2.24) is 35.2 Å². The molecule has 0 radical (unpaired) electrons. The molecule has 38 heavy (non-hydrogen) atoms. The molecule has 0 N–H and O–H groups in total. The van der Waals surface area contributed by atoms with E-state index in [2.05, 4.69) is 35.8 Å². The molecule has 0 unspecified atom stereocenters. The molecular formula is C27H26N8O2S. The van der Waals surface area contributed by atoms with Gasteiger partial charge in [0.2, 0.25) is 5.95 Å². The molecule has 2 aromatic carbocycles. The molecule has 10 nitrogen and oxygen atoms in total. The minimum atomic E-state index is 0.438. The molecule has 0 bridgehead atoms. The second kappa shape index (κ2) is 10.9. The number of aromatic nitrogens is 7. The lowest BCUT2D eigenvalue weighted by atomic mass is 9.98. The molecule has 0 amide bonds. The fourth-order valence-electron chi connectivity index (χ4n) is 4.45. The van der Waals surface area contributed by atoms with Crippen molar-refractivity contribution in [3.05, 3.63) is 83.3 Å². The number of piperidine rings is 1. The van der Waals surface area contributed by atoms with Crippen LogP contribution in [0.1, 0.15) is 29.5 Å². The van der Waals surface area contributed by atoms with Gasteiger partial charge in [0.05, 0.1) is 23.5 Å². The summed E-state index contributed by atoms with van der Waals surface area (Å²) in [5, 5.41) is 14.5. The number of thiazole rings is 1. The van der Waals surface area contributed by atoms with Gasteiger partial charge in [0.1, 0.15) is 24.4 Å². The van der Waals surface area contributed by atoms with Crippen LogP contribution in [0.3, 0.4) is 0 Å². The van der Waals surface area contributed by atoms with E-state index in [9.17, 15) is 0 Å². The molecular weight excluding hydrogens is 500 g/mol. The molecule has 6 rings (SSSR count). The van der Waals surface area contributed by atoms with Crippen LogP contribution in [0.5, 0.6) is 11.5 Å². The third kappa shape index (κ3) is 5.32. The highest BCUT2D eigenvalue weighted by molar-refractivity contribution is 7.09. The van der Waals surface area contributed by atoms with Gasteiger partial charge in [0.25, 0.3) is 0 Å². The number of hydrogen-bond acceptors (Lipinski definition) is 10. The van der Waals surface area contributed by atoms with Gasteiger partial charge < -0.3 is 14.4 Å². The smallest absolute Gasteiger partial charge is 0.225 e. The van der Waals surface area contributed by atoms with Crippen LogP contribution in [0.25, 0.3) is 16.8 Å². The Bertz CT molecular complexity index is 1450. The molecule has 1 fully saturated rings. The van der Waals surface area contributed by atoms with Crippen molar-refractivity contribution in [3.8, 4) is 28.3 Å². The predicted molar refractivity (Wildman–Crippen MR) is 144 cm³/mol. The van der Waals surface area contributed by atoms with Crippen LogP contribution >= 0.6 is 11.3 Å². The summed E-state index contributed by atoms with van der Waals surface area (Å²) in [4.78, 5) is 16.4. The highest BCUT2D eigenvalue weighted by Crippen LogP contribution is 2.32. The van der Waals surface area contributed by atoms with Crippen molar-refractivity contribution in [2.75, 3.05) is 25.1 Å². The SMILES string of the molecule is COc1ccc(-c2cnc(N3CCC(c4nc(COc5ccc(-n6cnnn6)cc5)cs4)CC3)nc2)cc1. The van der Waals surface area contributed by atoms with Crippen LogP contribution in [0, 0.1) is 0 Å². The molecule has 0 saturated carbocycles. The number of hydrogen-bond donors (Lipinski definition) is 0. The van der Waals surface area contributed by atoms with E-state index in [1.54, 1.807) is 29.5 Å². The fraction of sp³-hybridized carbons (Fsp3) is 0.259. The van der Waals surface area contributed by atoms with Crippen LogP contribution in [-0.4, -0.2) is 55.4 Å². The first-order valence-electron chi connectivity index (χ1n) is 12.4. The lowest BCUT2D eigenvalue weighted by molar-refractivity contribution is 0.301. The lowest BCUT2D eigenvalue weighted by Gasteiger charge is -2.31. The third-order valence-corrected chi connectivity index (χ3v) is 7.65. The number of benzene rings is 2. The first-order valence-corrected chi connectivity index (χ1v) is 13.2. The normalized spacial score (nSPS) is 14.0. The summed E-state index contributed by atoms with van der Waals surface area (Å²) in [6.45, 7) is 2.26. The van der Waals surface area contributed by atoms with Gasteiger partial charge in [-0.15, -0.1) is 16.4 Å². The predicted octanol–water partition coefficient (Wildman–Crippen LogP) is 4.55. The second-order valence-electron chi connectivity index (χ2n) is 8.98. The summed E-state index contributed by atoms with van der Waals surface area (Å²) in [6.07, 6.45) is 7.39. The third-order valence-electron chi connectivity index (χ3n) is 6.60. The lowest BCUT2D eigenvalue weighted by Crippen LogP contribution is -2.34. The quantitative estimate of drug-likeness (QED) is 0.288. The van der Waals surface area contributed by atoms with Gasteiger partial charge in [0.15, 0.2) is 0 Å². The Morgan fingerprint density at radius 3 is 2.34 bits per heavy atom. The molecule has 0 spiro atoms. The van der Waals surface area contributed by atoms with Crippen molar-refractivity contribution in [3.63, 3.8) is 0 Å². The van der Waals surface area contributed by atoms with Crippen LogP contribution in [0.15, 0.2) is 72.6 Å². The largest absolute Gasteiger partial charge is 0.497 e. The fourth-order valence-corrected chi connectivity index (χ4v) is 5.43. The Morgan fingerprint density at radius 2 is 1.66 bits per heavy atom. The number of rotatable bonds is 8. The van der Waals surface area contributed by atoms with Crippen molar-refractivity contribution in [2.45, 2.75) is 25.4 Å². The second-order valence-corrected chi connectivity index (χ2v) is 9.87. The van der Waals surface area contributed by atoms with Gasteiger partial charge in [-0.05, 0) is 65.2 Å². The average Bonchev–Trinajstić information content (AvgIpc) is 3.70. The zero-order valence-electron chi connectivity index (χ0n) is 20.8. The first kappa shape index (κ1) is 24.0. The Balaban J connectivity index is 1.00. The zero-order chi connectivity index (χ0) is 25.7. The van der Waals surface area contributed by atoms with E-state index in [-0.39, 0.29) is 0 Å². The zero-order valence-corrected chi connectivity index (χ0v) is 21.7. The van der Waals surface area contributed by atoms with E-state index in [1.165, 1.54) is 5.01 Å². The van der Waals surface area contributed by atoms with Crippen molar-refractivity contribution >= 4 is 17.3 Å². The van der Waals surface area contributed by atoms with E-state index in [0.29, 0.717) is 12.5 Å². The van der Waals surface area contributed by atoms with Crippen molar-refractivity contribution < 1.29 is 9.47 Å².